The summed E-state index contributed by atoms with van der Waals surface area (Å²) in [6.45, 7) is 3.75. The molecule has 6 heteroatoms. The number of piperidine rings is 1. The van der Waals surface area contributed by atoms with Gasteiger partial charge in [-0.15, -0.1) is 0 Å². The molecule has 1 atom stereocenters. The number of hydrogen-bond donors (Lipinski definition) is 1. The predicted octanol–water partition coefficient (Wildman–Crippen LogP) is 3.99. The number of aliphatic hydroxyl groups is 1. The number of rotatable bonds is 5. The van der Waals surface area contributed by atoms with E-state index in [1.165, 1.54) is 17.7 Å². The Morgan fingerprint density at radius 2 is 1.86 bits per heavy atom. The van der Waals surface area contributed by atoms with Gasteiger partial charge in [-0.25, -0.2) is 4.39 Å². The standard InChI is InChI=1S/C22H24BrFN2O2/c23-20-3-1-2-18-19(20)13-26(22(18)28)12-15-8-10-25(11-9-15)14-21(27)16-4-6-17(24)7-5-16/h1-7,15,22,28H,8-14H2. The number of benzene rings is 2. The number of likely N-dealkylation sites (tertiary alicyclic amines) is 1. The van der Waals surface area contributed by atoms with Crippen LogP contribution in [-0.4, -0.2) is 46.9 Å². The Morgan fingerprint density at radius 1 is 1.14 bits per heavy atom. The molecule has 0 spiro atoms. The van der Waals surface area contributed by atoms with Gasteiger partial charge in [-0.2, -0.15) is 0 Å². The molecule has 0 amide bonds. The first-order chi connectivity index (χ1) is 13.5. The third-order valence-electron chi connectivity index (χ3n) is 5.87. The van der Waals surface area contributed by atoms with Gasteiger partial charge < -0.3 is 5.11 Å². The van der Waals surface area contributed by atoms with Crippen molar-refractivity contribution in [1.82, 2.24) is 9.80 Å². The number of fused-ring (bicyclic) bond motifs is 1. The molecule has 2 heterocycles. The van der Waals surface area contributed by atoms with Crippen LogP contribution in [0.15, 0.2) is 46.9 Å². The Bertz CT molecular complexity index is 850. The van der Waals surface area contributed by atoms with Gasteiger partial charge in [0.15, 0.2) is 5.78 Å². The van der Waals surface area contributed by atoms with Gasteiger partial charge in [0.2, 0.25) is 0 Å². The Hall–Kier alpha value is -1.60. The monoisotopic (exact) mass is 446 g/mol. The van der Waals surface area contributed by atoms with Crippen LogP contribution in [0.4, 0.5) is 4.39 Å². The lowest BCUT2D eigenvalue weighted by atomic mass is 9.95. The molecule has 0 bridgehead atoms. The lowest BCUT2D eigenvalue weighted by molar-refractivity contribution is -0.00354. The highest BCUT2D eigenvalue weighted by Crippen LogP contribution is 2.37. The lowest BCUT2D eigenvalue weighted by Crippen LogP contribution is -2.40. The largest absolute Gasteiger partial charge is 0.374 e. The van der Waals surface area contributed by atoms with Crippen molar-refractivity contribution in [3.05, 3.63) is 69.4 Å². The minimum atomic E-state index is -0.536. The van der Waals surface area contributed by atoms with Crippen LogP contribution in [0, 0.1) is 11.7 Å². The highest BCUT2D eigenvalue weighted by molar-refractivity contribution is 9.10. The van der Waals surface area contributed by atoms with E-state index in [-0.39, 0.29) is 11.6 Å². The molecule has 2 aliphatic heterocycles. The summed E-state index contributed by atoms with van der Waals surface area (Å²) in [5.74, 6) is 0.226. The van der Waals surface area contributed by atoms with Crippen LogP contribution in [0.1, 0.15) is 40.6 Å². The zero-order valence-corrected chi connectivity index (χ0v) is 17.2. The Kier molecular flexibility index (Phi) is 5.92. The van der Waals surface area contributed by atoms with E-state index in [4.69, 9.17) is 0 Å². The third kappa shape index (κ3) is 4.20. The number of nitrogens with zero attached hydrogens (tertiary/aromatic N) is 2. The molecule has 2 aromatic carbocycles. The molecule has 4 nitrogen and oxygen atoms in total. The van der Waals surface area contributed by atoms with Crippen molar-refractivity contribution in [1.29, 1.82) is 0 Å². The average molecular weight is 447 g/mol. The van der Waals surface area contributed by atoms with Gasteiger partial charge in [0.1, 0.15) is 12.0 Å². The van der Waals surface area contributed by atoms with Gasteiger partial charge in [-0.1, -0.05) is 28.1 Å². The minimum absolute atomic E-state index is 0.0358. The number of hydrogen-bond acceptors (Lipinski definition) is 4. The van der Waals surface area contributed by atoms with Crippen LogP contribution in [0.5, 0.6) is 0 Å². The number of ketones is 1. The Balaban J connectivity index is 1.27. The topological polar surface area (TPSA) is 43.8 Å². The van der Waals surface area contributed by atoms with E-state index < -0.39 is 6.23 Å². The molecule has 1 fully saturated rings. The molecule has 148 valence electrons. The first kappa shape index (κ1) is 19.7. The van der Waals surface area contributed by atoms with Gasteiger partial charge in [-0.3, -0.25) is 14.6 Å². The average Bonchev–Trinajstić information content (AvgIpc) is 3.01. The first-order valence-electron chi connectivity index (χ1n) is 9.72. The zero-order chi connectivity index (χ0) is 19.7. The van der Waals surface area contributed by atoms with E-state index in [2.05, 4.69) is 25.7 Å². The molecule has 2 aliphatic rings. The molecule has 28 heavy (non-hydrogen) atoms. The van der Waals surface area contributed by atoms with Crippen molar-refractivity contribution < 1.29 is 14.3 Å². The summed E-state index contributed by atoms with van der Waals surface area (Å²) in [5.41, 5.74) is 2.74. The molecule has 0 aliphatic carbocycles. The fraction of sp³-hybridized carbons (Fsp3) is 0.409. The summed E-state index contributed by atoms with van der Waals surface area (Å²) in [7, 11) is 0. The highest BCUT2D eigenvalue weighted by atomic mass is 79.9. The predicted molar refractivity (Wildman–Crippen MR) is 109 cm³/mol. The maximum absolute atomic E-state index is 13.0. The minimum Gasteiger partial charge on any atom is -0.374 e. The van der Waals surface area contributed by atoms with E-state index in [0.717, 1.165) is 49.1 Å². The summed E-state index contributed by atoms with van der Waals surface area (Å²) in [6, 6.07) is 11.7. The lowest BCUT2D eigenvalue weighted by Gasteiger charge is -2.34. The maximum Gasteiger partial charge on any atom is 0.176 e. The SMILES string of the molecule is O=C(CN1CCC(CN2Cc3c(Br)cccc3C2O)CC1)c1ccc(F)cc1. The van der Waals surface area contributed by atoms with Gasteiger partial charge >= 0.3 is 0 Å². The van der Waals surface area contributed by atoms with Crippen LogP contribution in [0.3, 0.4) is 0 Å². The molecule has 0 aromatic heterocycles. The fourth-order valence-corrected chi connectivity index (χ4v) is 4.73. The van der Waals surface area contributed by atoms with E-state index in [9.17, 15) is 14.3 Å². The molecule has 2 aromatic rings. The van der Waals surface area contributed by atoms with Crippen LogP contribution in [0.2, 0.25) is 0 Å². The number of aliphatic hydroxyl groups excluding tert-OH is 1. The Labute approximate surface area is 173 Å². The van der Waals surface area contributed by atoms with Crippen LogP contribution >= 0.6 is 15.9 Å². The second-order valence-electron chi connectivity index (χ2n) is 7.76. The Morgan fingerprint density at radius 3 is 2.54 bits per heavy atom. The van der Waals surface area contributed by atoms with Gasteiger partial charge in [0.25, 0.3) is 0 Å². The number of carbonyl (C=O) groups is 1. The van der Waals surface area contributed by atoms with Crippen molar-refractivity contribution in [2.75, 3.05) is 26.2 Å². The fourth-order valence-electron chi connectivity index (χ4n) is 4.22. The second kappa shape index (κ2) is 8.41. The van der Waals surface area contributed by atoms with Crippen molar-refractivity contribution in [2.45, 2.75) is 25.6 Å². The van der Waals surface area contributed by atoms with Crippen molar-refractivity contribution in [3.63, 3.8) is 0 Å². The molecule has 1 unspecified atom stereocenters. The van der Waals surface area contributed by atoms with E-state index in [1.807, 2.05) is 18.2 Å². The summed E-state index contributed by atoms with van der Waals surface area (Å²) < 4.78 is 14.1. The smallest absolute Gasteiger partial charge is 0.176 e. The third-order valence-corrected chi connectivity index (χ3v) is 6.62. The molecule has 4 rings (SSSR count). The van der Waals surface area contributed by atoms with Crippen LogP contribution < -0.4 is 0 Å². The van der Waals surface area contributed by atoms with Crippen molar-refractivity contribution in [2.24, 2.45) is 5.92 Å². The molecule has 0 saturated carbocycles. The molecular weight excluding hydrogens is 423 g/mol. The number of carbonyl (C=O) groups excluding carboxylic acids is 1. The van der Waals surface area contributed by atoms with Crippen LogP contribution in [-0.2, 0) is 6.54 Å². The number of halogens is 2. The van der Waals surface area contributed by atoms with E-state index in [0.29, 0.717) is 18.0 Å². The highest BCUT2D eigenvalue weighted by Gasteiger charge is 2.32. The molecule has 1 saturated heterocycles. The second-order valence-corrected chi connectivity index (χ2v) is 8.61. The molecule has 1 N–H and O–H groups in total. The van der Waals surface area contributed by atoms with E-state index >= 15 is 0 Å². The van der Waals surface area contributed by atoms with Gasteiger partial charge in [-0.05, 0) is 67.7 Å². The molecular formula is C22H24BrFN2O2. The maximum atomic E-state index is 13.0. The summed E-state index contributed by atoms with van der Waals surface area (Å²) >= 11 is 3.58. The summed E-state index contributed by atoms with van der Waals surface area (Å²) in [4.78, 5) is 16.7. The summed E-state index contributed by atoms with van der Waals surface area (Å²) in [6.07, 6.45) is 1.49. The first-order valence-corrected chi connectivity index (χ1v) is 10.5. The van der Waals surface area contributed by atoms with Crippen LogP contribution in [0.25, 0.3) is 0 Å². The molecule has 0 radical (unpaired) electrons. The van der Waals surface area contributed by atoms with Crippen molar-refractivity contribution >= 4 is 21.7 Å². The van der Waals surface area contributed by atoms with Gasteiger partial charge in [0, 0.05) is 28.7 Å². The summed E-state index contributed by atoms with van der Waals surface area (Å²) in [5, 5.41) is 10.6. The normalized spacial score (nSPS) is 21.0. The number of Topliss-reactive ketones (excluding diaryl/α,β-unsaturated/α-hetero) is 1. The van der Waals surface area contributed by atoms with E-state index in [1.54, 1.807) is 12.1 Å². The van der Waals surface area contributed by atoms with Gasteiger partial charge in [0.05, 0.1) is 6.54 Å². The van der Waals surface area contributed by atoms with Crippen molar-refractivity contribution in [3.8, 4) is 0 Å². The quantitative estimate of drug-likeness (QED) is 0.705. The zero-order valence-electron chi connectivity index (χ0n) is 15.7.